The second kappa shape index (κ2) is 6.07. The fourth-order valence-electron chi connectivity index (χ4n) is 2.07. The fourth-order valence-corrected chi connectivity index (χ4v) is 2.26. The standard InChI is InChI=1S/C16H18ClNO/c1-11(2)15-8-7-14(9-12(15)3)19-10-13-5-4-6-16(17)18-13/h4-9,11H,10H2,1-3H3. The van der Waals surface area contributed by atoms with Crippen LogP contribution >= 0.6 is 11.6 Å². The van der Waals surface area contributed by atoms with E-state index >= 15 is 0 Å². The summed E-state index contributed by atoms with van der Waals surface area (Å²) in [6, 6.07) is 11.7. The molecule has 2 rings (SSSR count). The SMILES string of the molecule is Cc1cc(OCc2cccc(Cl)n2)ccc1C(C)C. The summed E-state index contributed by atoms with van der Waals surface area (Å²) in [5.74, 6) is 1.40. The van der Waals surface area contributed by atoms with Gasteiger partial charge in [-0.2, -0.15) is 0 Å². The highest BCUT2D eigenvalue weighted by atomic mass is 35.5. The normalized spacial score (nSPS) is 10.8. The van der Waals surface area contributed by atoms with Crippen molar-refractivity contribution >= 4 is 11.6 Å². The van der Waals surface area contributed by atoms with E-state index in [4.69, 9.17) is 16.3 Å². The summed E-state index contributed by atoms with van der Waals surface area (Å²) >= 11 is 5.84. The van der Waals surface area contributed by atoms with Gasteiger partial charge in [0.2, 0.25) is 0 Å². The van der Waals surface area contributed by atoms with E-state index in [9.17, 15) is 0 Å². The van der Waals surface area contributed by atoms with Crippen LogP contribution in [0.2, 0.25) is 5.15 Å². The lowest BCUT2D eigenvalue weighted by Crippen LogP contribution is -1.99. The molecule has 0 spiro atoms. The zero-order valence-corrected chi connectivity index (χ0v) is 12.2. The van der Waals surface area contributed by atoms with E-state index in [1.807, 2.05) is 18.2 Å². The topological polar surface area (TPSA) is 22.1 Å². The highest BCUT2D eigenvalue weighted by molar-refractivity contribution is 6.29. The minimum absolute atomic E-state index is 0.432. The molecule has 0 aliphatic carbocycles. The van der Waals surface area contributed by atoms with Gasteiger partial charge in [0, 0.05) is 0 Å². The molecule has 0 unspecified atom stereocenters. The molecule has 2 aromatic rings. The Hall–Kier alpha value is -1.54. The van der Waals surface area contributed by atoms with Gasteiger partial charge in [-0.05, 0) is 48.2 Å². The number of aryl methyl sites for hydroxylation is 1. The van der Waals surface area contributed by atoms with E-state index in [2.05, 4.69) is 37.9 Å². The van der Waals surface area contributed by atoms with Crippen molar-refractivity contribution in [3.8, 4) is 5.75 Å². The lowest BCUT2D eigenvalue weighted by atomic mass is 9.98. The van der Waals surface area contributed by atoms with Gasteiger partial charge in [0.15, 0.2) is 0 Å². The highest BCUT2D eigenvalue weighted by Crippen LogP contribution is 2.24. The fraction of sp³-hybridized carbons (Fsp3) is 0.312. The van der Waals surface area contributed by atoms with Gasteiger partial charge in [0.25, 0.3) is 0 Å². The molecule has 0 radical (unpaired) electrons. The number of halogens is 1. The molecule has 0 saturated heterocycles. The second-order valence-electron chi connectivity index (χ2n) is 4.91. The largest absolute Gasteiger partial charge is 0.487 e. The molecule has 2 nitrogen and oxygen atoms in total. The van der Waals surface area contributed by atoms with Crippen LogP contribution in [0.5, 0.6) is 5.75 Å². The van der Waals surface area contributed by atoms with Gasteiger partial charge < -0.3 is 4.74 Å². The van der Waals surface area contributed by atoms with Crippen LogP contribution < -0.4 is 4.74 Å². The Bertz CT molecular complexity index is 566. The van der Waals surface area contributed by atoms with E-state index in [-0.39, 0.29) is 0 Å². The van der Waals surface area contributed by atoms with Gasteiger partial charge in [-0.25, -0.2) is 4.98 Å². The minimum atomic E-state index is 0.432. The highest BCUT2D eigenvalue weighted by Gasteiger charge is 2.05. The van der Waals surface area contributed by atoms with Crippen molar-refractivity contribution < 1.29 is 4.74 Å². The third-order valence-electron chi connectivity index (χ3n) is 3.02. The number of benzene rings is 1. The molecule has 0 N–H and O–H groups in total. The van der Waals surface area contributed by atoms with Crippen molar-refractivity contribution in [2.75, 3.05) is 0 Å². The maximum absolute atomic E-state index is 5.84. The molecule has 3 heteroatoms. The van der Waals surface area contributed by atoms with Crippen molar-refractivity contribution in [2.24, 2.45) is 0 Å². The third kappa shape index (κ3) is 3.71. The van der Waals surface area contributed by atoms with E-state index < -0.39 is 0 Å². The van der Waals surface area contributed by atoms with Crippen LogP contribution in [0, 0.1) is 6.92 Å². The van der Waals surface area contributed by atoms with Crippen LogP contribution in [-0.2, 0) is 6.61 Å². The molecule has 0 bridgehead atoms. The average molecular weight is 276 g/mol. The summed E-state index contributed by atoms with van der Waals surface area (Å²) in [6.07, 6.45) is 0. The molecule has 19 heavy (non-hydrogen) atoms. The first-order chi connectivity index (χ1) is 9.06. The number of ether oxygens (including phenoxy) is 1. The molecule has 0 aliphatic rings. The number of aromatic nitrogens is 1. The number of nitrogens with zero attached hydrogens (tertiary/aromatic N) is 1. The molecule has 0 saturated carbocycles. The molecule has 0 fully saturated rings. The molecular formula is C16H18ClNO. The molecular weight excluding hydrogens is 258 g/mol. The summed E-state index contributed by atoms with van der Waals surface area (Å²) < 4.78 is 5.74. The van der Waals surface area contributed by atoms with E-state index in [1.54, 1.807) is 6.07 Å². The van der Waals surface area contributed by atoms with Crippen LogP contribution in [0.25, 0.3) is 0 Å². The predicted octanol–water partition coefficient (Wildman–Crippen LogP) is 4.75. The Morgan fingerprint density at radius 3 is 2.63 bits per heavy atom. The van der Waals surface area contributed by atoms with Crippen molar-refractivity contribution in [1.29, 1.82) is 0 Å². The van der Waals surface area contributed by atoms with Crippen molar-refractivity contribution in [2.45, 2.75) is 33.3 Å². The van der Waals surface area contributed by atoms with E-state index in [0.717, 1.165) is 11.4 Å². The first-order valence-electron chi connectivity index (χ1n) is 6.41. The Balaban J connectivity index is 2.06. The van der Waals surface area contributed by atoms with Crippen LogP contribution in [0.4, 0.5) is 0 Å². The Kier molecular flexibility index (Phi) is 4.43. The minimum Gasteiger partial charge on any atom is -0.487 e. The predicted molar refractivity (Wildman–Crippen MR) is 78.8 cm³/mol. The van der Waals surface area contributed by atoms with E-state index in [0.29, 0.717) is 17.7 Å². The summed E-state index contributed by atoms with van der Waals surface area (Å²) in [6.45, 7) is 6.93. The molecule has 0 aliphatic heterocycles. The maximum atomic E-state index is 5.84. The first kappa shape index (κ1) is 13.9. The lowest BCUT2D eigenvalue weighted by molar-refractivity contribution is 0.301. The van der Waals surface area contributed by atoms with Crippen molar-refractivity contribution in [3.05, 3.63) is 58.4 Å². The van der Waals surface area contributed by atoms with Gasteiger partial charge in [0.1, 0.15) is 17.5 Å². The summed E-state index contributed by atoms with van der Waals surface area (Å²) in [7, 11) is 0. The molecule has 1 aromatic carbocycles. The zero-order valence-electron chi connectivity index (χ0n) is 11.5. The Morgan fingerprint density at radius 2 is 2.00 bits per heavy atom. The first-order valence-corrected chi connectivity index (χ1v) is 6.79. The molecule has 1 heterocycles. The quantitative estimate of drug-likeness (QED) is 0.752. The molecule has 100 valence electrons. The lowest BCUT2D eigenvalue weighted by Gasteiger charge is -2.12. The van der Waals surface area contributed by atoms with Gasteiger partial charge in [-0.15, -0.1) is 0 Å². The molecule has 1 aromatic heterocycles. The Labute approximate surface area is 119 Å². The second-order valence-corrected chi connectivity index (χ2v) is 5.30. The van der Waals surface area contributed by atoms with Gasteiger partial charge >= 0.3 is 0 Å². The molecule has 0 amide bonds. The number of hydrogen-bond donors (Lipinski definition) is 0. The Morgan fingerprint density at radius 1 is 1.21 bits per heavy atom. The molecule has 0 atom stereocenters. The van der Waals surface area contributed by atoms with Crippen LogP contribution in [0.1, 0.15) is 36.6 Å². The number of pyridine rings is 1. The van der Waals surface area contributed by atoms with Gasteiger partial charge in [-0.1, -0.05) is 37.6 Å². The summed E-state index contributed by atoms with van der Waals surface area (Å²) in [5, 5.41) is 0.493. The zero-order chi connectivity index (χ0) is 13.8. The maximum Gasteiger partial charge on any atom is 0.130 e. The number of hydrogen-bond acceptors (Lipinski definition) is 2. The summed E-state index contributed by atoms with van der Waals surface area (Å²) in [4.78, 5) is 4.20. The third-order valence-corrected chi connectivity index (χ3v) is 3.23. The van der Waals surface area contributed by atoms with Crippen molar-refractivity contribution in [1.82, 2.24) is 4.98 Å². The average Bonchev–Trinajstić information content (AvgIpc) is 2.36. The smallest absolute Gasteiger partial charge is 0.130 e. The van der Waals surface area contributed by atoms with Crippen LogP contribution in [0.3, 0.4) is 0 Å². The van der Waals surface area contributed by atoms with Crippen LogP contribution in [-0.4, -0.2) is 4.98 Å². The summed E-state index contributed by atoms with van der Waals surface area (Å²) in [5.41, 5.74) is 3.44. The van der Waals surface area contributed by atoms with Gasteiger partial charge in [0.05, 0.1) is 5.69 Å². The van der Waals surface area contributed by atoms with Gasteiger partial charge in [-0.3, -0.25) is 0 Å². The monoisotopic (exact) mass is 275 g/mol. The van der Waals surface area contributed by atoms with Crippen molar-refractivity contribution in [3.63, 3.8) is 0 Å². The van der Waals surface area contributed by atoms with E-state index in [1.165, 1.54) is 11.1 Å². The number of rotatable bonds is 4. The van der Waals surface area contributed by atoms with Crippen LogP contribution in [0.15, 0.2) is 36.4 Å².